The van der Waals surface area contributed by atoms with Gasteiger partial charge in [-0.05, 0) is 11.1 Å². The van der Waals surface area contributed by atoms with Gasteiger partial charge < -0.3 is 0 Å². The second-order valence-corrected chi connectivity index (χ2v) is 9.90. The Labute approximate surface area is 100 Å². The Hall–Kier alpha value is -0.823. The number of rotatable bonds is 4. The topological polar surface area (TPSA) is 0 Å². The van der Waals surface area contributed by atoms with Crippen molar-refractivity contribution in [2.24, 2.45) is 0 Å². The first-order chi connectivity index (χ1) is 7.77. The van der Waals surface area contributed by atoms with E-state index in [1.807, 2.05) is 0 Å². The van der Waals surface area contributed by atoms with Crippen LogP contribution in [0.1, 0.15) is 31.9 Å². The van der Waals surface area contributed by atoms with E-state index >= 15 is 0 Å². The van der Waals surface area contributed by atoms with Gasteiger partial charge in [0.25, 0.3) is 0 Å². The third-order valence-electron chi connectivity index (χ3n) is 4.28. The van der Waals surface area contributed by atoms with E-state index in [0.717, 1.165) is 0 Å². The van der Waals surface area contributed by atoms with Crippen molar-refractivity contribution in [3.63, 3.8) is 0 Å². The molecule has 0 fully saturated rings. The molecular formula is C15H21Si. The molecule has 0 amide bonds. The predicted octanol–water partition coefficient (Wildman–Crippen LogP) is 4.68. The molecule has 1 aromatic carbocycles. The highest BCUT2D eigenvalue weighted by molar-refractivity contribution is 6.86. The van der Waals surface area contributed by atoms with Crippen LogP contribution in [-0.2, 0) is 0 Å². The van der Waals surface area contributed by atoms with Gasteiger partial charge in [0.15, 0.2) is 0 Å². The summed E-state index contributed by atoms with van der Waals surface area (Å²) in [6.45, 7) is 7.13. The third kappa shape index (κ3) is 1.67. The van der Waals surface area contributed by atoms with E-state index in [4.69, 9.17) is 0 Å². The molecule has 2 rings (SSSR count). The molecule has 0 aliphatic heterocycles. The van der Waals surface area contributed by atoms with Crippen LogP contribution in [0.5, 0.6) is 0 Å². The van der Waals surface area contributed by atoms with E-state index in [-0.39, 0.29) is 0 Å². The maximum absolute atomic E-state index is 2.40. The summed E-state index contributed by atoms with van der Waals surface area (Å²) in [7, 11) is -1.21. The Balaban J connectivity index is 2.40. The molecule has 1 aliphatic rings. The van der Waals surface area contributed by atoms with Gasteiger partial charge in [-0.15, -0.1) is 0 Å². The molecule has 0 saturated carbocycles. The zero-order valence-electron chi connectivity index (χ0n) is 10.6. The fourth-order valence-electron chi connectivity index (χ4n) is 2.93. The Kier molecular flexibility index (Phi) is 3.34. The molecule has 0 saturated heterocycles. The highest BCUT2D eigenvalue weighted by atomic mass is 28.3. The summed E-state index contributed by atoms with van der Waals surface area (Å²) in [5, 5.41) is 0. The Morgan fingerprint density at radius 2 is 1.50 bits per heavy atom. The number of allylic oxidation sites excluding steroid dienone is 1. The summed E-state index contributed by atoms with van der Waals surface area (Å²) < 4.78 is 0. The average molecular weight is 229 g/mol. The van der Waals surface area contributed by atoms with Crippen molar-refractivity contribution in [3.05, 3.63) is 47.0 Å². The zero-order chi connectivity index (χ0) is 11.6. The molecule has 0 unspecified atom stereocenters. The molecule has 16 heavy (non-hydrogen) atoms. The molecule has 0 atom stereocenters. The van der Waals surface area contributed by atoms with Crippen molar-refractivity contribution in [3.8, 4) is 0 Å². The first-order valence-electron chi connectivity index (χ1n) is 6.42. The van der Waals surface area contributed by atoms with E-state index in [9.17, 15) is 0 Å². The second kappa shape index (κ2) is 4.58. The Morgan fingerprint density at radius 3 is 2.12 bits per heavy atom. The van der Waals surface area contributed by atoms with Crippen LogP contribution in [0.3, 0.4) is 0 Å². The summed E-state index contributed by atoms with van der Waals surface area (Å²) in [6.07, 6.45) is 4.70. The lowest BCUT2D eigenvalue weighted by Gasteiger charge is -2.34. The van der Waals surface area contributed by atoms with Crippen LogP contribution >= 0.6 is 0 Å². The maximum atomic E-state index is 2.40. The first-order valence-corrected chi connectivity index (χ1v) is 9.04. The summed E-state index contributed by atoms with van der Waals surface area (Å²) >= 11 is 0. The lowest BCUT2D eigenvalue weighted by molar-refractivity contribution is 1.14. The summed E-state index contributed by atoms with van der Waals surface area (Å²) in [5.74, 6) is 0. The van der Waals surface area contributed by atoms with E-state index in [0.29, 0.717) is 0 Å². The molecule has 0 aromatic heterocycles. The minimum absolute atomic E-state index is 1.21. The van der Waals surface area contributed by atoms with E-state index in [1.165, 1.54) is 29.3 Å². The Bertz CT molecular complexity index is 380. The molecule has 0 N–H and O–H groups in total. The smallest absolute Gasteiger partial charge is 0.0700 e. The predicted molar refractivity (Wildman–Crippen MR) is 75.0 cm³/mol. The second-order valence-electron chi connectivity index (χ2n) is 4.68. The van der Waals surface area contributed by atoms with Crippen LogP contribution in [0.2, 0.25) is 18.1 Å². The van der Waals surface area contributed by atoms with Gasteiger partial charge in [0.2, 0.25) is 0 Å². The minimum atomic E-state index is -1.21. The summed E-state index contributed by atoms with van der Waals surface area (Å²) in [6, 6.07) is 13.0. The average Bonchev–Trinajstić information content (AvgIpc) is 2.77. The van der Waals surface area contributed by atoms with Crippen molar-refractivity contribution >= 4 is 14.1 Å². The fourth-order valence-corrected chi connectivity index (χ4v) is 6.81. The maximum Gasteiger partial charge on any atom is 0.0700 e. The van der Waals surface area contributed by atoms with Gasteiger partial charge in [0, 0.05) is 5.54 Å². The van der Waals surface area contributed by atoms with Crippen LogP contribution in [-0.4, -0.2) is 8.07 Å². The molecule has 1 aliphatic carbocycles. The van der Waals surface area contributed by atoms with E-state index in [1.54, 1.807) is 5.54 Å². The molecule has 1 heteroatoms. The van der Waals surface area contributed by atoms with Gasteiger partial charge in [0.05, 0.1) is 8.07 Å². The van der Waals surface area contributed by atoms with E-state index < -0.39 is 8.07 Å². The quantitative estimate of drug-likeness (QED) is 0.657. The molecule has 0 spiro atoms. The highest BCUT2D eigenvalue weighted by Gasteiger charge is 2.38. The molecule has 0 nitrogen and oxygen atoms in total. The van der Waals surface area contributed by atoms with Crippen molar-refractivity contribution in [2.75, 3.05) is 0 Å². The molecule has 0 heterocycles. The van der Waals surface area contributed by atoms with Gasteiger partial charge in [-0.25, -0.2) is 0 Å². The van der Waals surface area contributed by atoms with Gasteiger partial charge >= 0.3 is 0 Å². The highest BCUT2D eigenvalue weighted by Crippen LogP contribution is 2.41. The lowest BCUT2D eigenvalue weighted by Crippen LogP contribution is -2.39. The van der Waals surface area contributed by atoms with Gasteiger partial charge in [0.1, 0.15) is 0 Å². The van der Waals surface area contributed by atoms with Crippen LogP contribution in [0, 0.1) is 5.54 Å². The SMILES string of the molecule is CC[Si](CC)(CC)[C]1C=Cc2ccccc21. The number of hydrogen-bond donors (Lipinski definition) is 0. The van der Waals surface area contributed by atoms with Crippen molar-refractivity contribution in [1.29, 1.82) is 0 Å². The largest absolute Gasteiger partial charge is 0.0752 e. The standard InChI is InChI=1S/C15H21Si/c1-4-16(5-2,6-3)15-12-11-13-9-7-8-10-14(13)15/h7-12H,4-6H2,1-3H3. The fraction of sp³-hybridized carbons (Fsp3) is 0.400. The van der Waals surface area contributed by atoms with Crippen LogP contribution in [0.15, 0.2) is 30.3 Å². The normalized spacial score (nSPS) is 15.4. The van der Waals surface area contributed by atoms with Crippen molar-refractivity contribution in [1.82, 2.24) is 0 Å². The van der Waals surface area contributed by atoms with Crippen LogP contribution < -0.4 is 0 Å². The molecule has 1 radical (unpaired) electrons. The number of hydrogen-bond acceptors (Lipinski definition) is 0. The van der Waals surface area contributed by atoms with Crippen molar-refractivity contribution in [2.45, 2.75) is 38.9 Å². The molecular weight excluding hydrogens is 208 g/mol. The summed E-state index contributed by atoms with van der Waals surface area (Å²) in [5.41, 5.74) is 4.63. The lowest BCUT2D eigenvalue weighted by atomic mass is 10.1. The van der Waals surface area contributed by atoms with Gasteiger partial charge in [-0.2, -0.15) is 0 Å². The third-order valence-corrected chi connectivity index (χ3v) is 9.92. The first kappa shape index (κ1) is 11.7. The number of benzene rings is 1. The van der Waals surface area contributed by atoms with Crippen LogP contribution in [0.25, 0.3) is 6.08 Å². The Morgan fingerprint density at radius 1 is 0.875 bits per heavy atom. The van der Waals surface area contributed by atoms with Gasteiger partial charge in [-0.3, -0.25) is 0 Å². The zero-order valence-corrected chi connectivity index (χ0v) is 11.6. The van der Waals surface area contributed by atoms with Gasteiger partial charge in [-0.1, -0.05) is 75.3 Å². The van der Waals surface area contributed by atoms with E-state index in [2.05, 4.69) is 57.2 Å². The summed E-state index contributed by atoms with van der Waals surface area (Å²) in [4.78, 5) is 0. The number of fused-ring (bicyclic) bond motifs is 1. The molecule has 0 bridgehead atoms. The monoisotopic (exact) mass is 229 g/mol. The molecule has 85 valence electrons. The van der Waals surface area contributed by atoms with Crippen LogP contribution in [0.4, 0.5) is 0 Å². The molecule has 1 aromatic rings. The van der Waals surface area contributed by atoms with Crippen molar-refractivity contribution < 1.29 is 0 Å². The minimum Gasteiger partial charge on any atom is -0.0752 e.